The molecule has 0 bridgehead atoms. The second-order valence-corrected chi connectivity index (χ2v) is 7.01. The van der Waals surface area contributed by atoms with E-state index < -0.39 is 18.4 Å². The van der Waals surface area contributed by atoms with Crippen molar-refractivity contribution in [3.8, 4) is 11.4 Å². The van der Waals surface area contributed by atoms with Crippen LogP contribution in [0.2, 0.25) is 0 Å². The van der Waals surface area contributed by atoms with Crippen LogP contribution in [-0.4, -0.2) is 30.6 Å². The lowest BCUT2D eigenvalue weighted by Gasteiger charge is -2.07. The summed E-state index contributed by atoms with van der Waals surface area (Å²) in [5.41, 5.74) is 2.20. The third-order valence-corrected chi connectivity index (χ3v) is 4.60. The number of benzene rings is 1. The van der Waals surface area contributed by atoms with Crippen molar-refractivity contribution in [1.82, 2.24) is 30.0 Å². The molecule has 0 aliphatic rings. The molecule has 0 aliphatic heterocycles. The van der Waals surface area contributed by atoms with Crippen molar-refractivity contribution in [2.75, 3.05) is 5.32 Å². The maximum Gasteiger partial charge on any atom is 0.307 e. The van der Waals surface area contributed by atoms with E-state index in [1.807, 2.05) is 6.92 Å². The lowest BCUT2D eigenvalue weighted by molar-refractivity contribution is 0.0916. The van der Waals surface area contributed by atoms with Crippen molar-refractivity contribution in [1.29, 1.82) is 0 Å². The maximum atomic E-state index is 13.5. The van der Waals surface area contributed by atoms with Crippen molar-refractivity contribution in [3.05, 3.63) is 71.3 Å². The van der Waals surface area contributed by atoms with E-state index in [1.54, 1.807) is 30.2 Å². The van der Waals surface area contributed by atoms with E-state index in [2.05, 4.69) is 30.7 Å². The van der Waals surface area contributed by atoms with Crippen LogP contribution in [0.5, 0.6) is 0 Å². The topological polar surface area (TPSA) is 111 Å². The van der Waals surface area contributed by atoms with Gasteiger partial charge < -0.3 is 15.1 Å². The zero-order chi connectivity index (χ0) is 22.7. The summed E-state index contributed by atoms with van der Waals surface area (Å²) in [6, 6.07) is 5.58. The largest absolute Gasteiger partial charge is 0.440 e. The number of rotatable bonds is 7. The Morgan fingerprint density at radius 2 is 2.03 bits per heavy atom. The van der Waals surface area contributed by atoms with E-state index in [4.69, 9.17) is 4.42 Å². The lowest BCUT2D eigenvalue weighted by Crippen LogP contribution is -2.23. The minimum absolute atomic E-state index is 0.00733. The first-order chi connectivity index (χ1) is 15.4. The van der Waals surface area contributed by atoms with Gasteiger partial charge in [-0.15, -0.1) is 0 Å². The first-order valence-electron chi connectivity index (χ1n) is 9.60. The van der Waals surface area contributed by atoms with E-state index in [1.165, 1.54) is 18.4 Å². The molecule has 4 aromatic rings. The van der Waals surface area contributed by atoms with E-state index in [-0.39, 0.29) is 18.0 Å². The molecule has 32 heavy (non-hydrogen) atoms. The van der Waals surface area contributed by atoms with Gasteiger partial charge in [-0.25, -0.2) is 23.7 Å². The fourth-order valence-electron chi connectivity index (χ4n) is 3.01. The minimum atomic E-state index is -0.794. The molecule has 164 valence electrons. The number of carbonyl (C=O) groups excluding carboxylic acids is 1. The Kier molecular flexibility index (Phi) is 5.88. The molecule has 0 saturated carbocycles. The van der Waals surface area contributed by atoms with Crippen LogP contribution in [0.15, 0.2) is 47.3 Å². The highest BCUT2D eigenvalue weighted by Crippen LogP contribution is 2.22. The number of aryl methyl sites for hydroxylation is 2. The molecular formula is C21H19F2N7O2. The summed E-state index contributed by atoms with van der Waals surface area (Å²) in [4.78, 5) is 25.3. The SMILES string of the molecule is Cc1cnc(Nc2ccnn2C)nc1-c1coc(C(=O)NCc2cc(F)cc(CF)c2)n1. The summed E-state index contributed by atoms with van der Waals surface area (Å²) >= 11 is 0. The molecule has 1 amide bonds. The predicted octanol–water partition coefficient (Wildman–Crippen LogP) is 3.46. The van der Waals surface area contributed by atoms with Gasteiger partial charge in [0, 0.05) is 25.9 Å². The Balaban J connectivity index is 1.48. The molecule has 0 radical (unpaired) electrons. The summed E-state index contributed by atoms with van der Waals surface area (Å²) in [5.74, 6) is -0.313. The average Bonchev–Trinajstić information content (AvgIpc) is 3.42. The molecule has 11 heteroatoms. The van der Waals surface area contributed by atoms with Crippen LogP contribution in [0.4, 0.5) is 20.5 Å². The van der Waals surface area contributed by atoms with Crippen molar-refractivity contribution in [2.45, 2.75) is 20.1 Å². The number of oxazole rings is 1. The van der Waals surface area contributed by atoms with Crippen molar-refractivity contribution in [2.24, 2.45) is 7.05 Å². The van der Waals surface area contributed by atoms with E-state index >= 15 is 0 Å². The van der Waals surface area contributed by atoms with Gasteiger partial charge in [0.25, 0.3) is 5.89 Å². The van der Waals surface area contributed by atoms with E-state index in [0.29, 0.717) is 28.7 Å². The molecular weight excluding hydrogens is 420 g/mol. The predicted molar refractivity (Wildman–Crippen MR) is 111 cm³/mol. The van der Waals surface area contributed by atoms with Crippen LogP contribution in [0.1, 0.15) is 27.4 Å². The summed E-state index contributed by atoms with van der Waals surface area (Å²) in [5, 5.41) is 9.71. The van der Waals surface area contributed by atoms with Crippen LogP contribution < -0.4 is 10.6 Å². The molecule has 3 aromatic heterocycles. The fraction of sp³-hybridized carbons (Fsp3) is 0.190. The van der Waals surface area contributed by atoms with Gasteiger partial charge in [-0.2, -0.15) is 5.10 Å². The standard InChI is InChI=1S/C21H19F2N7O2/c1-12-9-25-21(28-17-3-4-26-30(17)2)29-18(12)16-11-32-20(27-16)19(31)24-10-14-5-13(8-22)6-15(23)7-14/h3-7,9,11H,8,10H2,1-2H3,(H,24,31)(H,25,28,29). The first-order valence-corrected chi connectivity index (χ1v) is 9.60. The number of alkyl halides is 1. The number of hydrogen-bond acceptors (Lipinski definition) is 7. The van der Waals surface area contributed by atoms with E-state index in [0.717, 1.165) is 11.6 Å². The van der Waals surface area contributed by atoms with Gasteiger partial charge in [-0.05, 0) is 35.7 Å². The number of nitrogens with zero attached hydrogens (tertiary/aromatic N) is 5. The Labute approximate surface area is 181 Å². The van der Waals surface area contributed by atoms with Gasteiger partial charge in [0.2, 0.25) is 5.95 Å². The highest BCUT2D eigenvalue weighted by atomic mass is 19.1. The molecule has 3 heterocycles. The number of amides is 1. The quantitative estimate of drug-likeness (QED) is 0.454. The number of halogens is 2. The Morgan fingerprint density at radius 1 is 1.22 bits per heavy atom. The van der Waals surface area contributed by atoms with Gasteiger partial charge in [0.15, 0.2) is 0 Å². The lowest BCUT2D eigenvalue weighted by atomic mass is 10.1. The minimum Gasteiger partial charge on any atom is -0.440 e. The van der Waals surface area contributed by atoms with E-state index in [9.17, 15) is 13.6 Å². The molecule has 2 N–H and O–H groups in total. The van der Waals surface area contributed by atoms with Crippen LogP contribution >= 0.6 is 0 Å². The van der Waals surface area contributed by atoms with Gasteiger partial charge in [0.05, 0.1) is 6.20 Å². The van der Waals surface area contributed by atoms with Gasteiger partial charge in [0.1, 0.15) is 36.0 Å². The smallest absolute Gasteiger partial charge is 0.307 e. The third kappa shape index (κ3) is 4.61. The second kappa shape index (κ2) is 8.92. The molecule has 0 unspecified atom stereocenters. The van der Waals surface area contributed by atoms with Crippen molar-refractivity contribution < 1.29 is 18.0 Å². The van der Waals surface area contributed by atoms with Crippen molar-refractivity contribution >= 4 is 17.7 Å². The molecule has 0 atom stereocenters. The molecule has 9 nitrogen and oxygen atoms in total. The number of anilines is 2. The molecule has 1 aromatic carbocycles. The fourth-order valence-corrected chi connectivity index (χ4v) is 3.01. The third-order valence-electron chi connectivity index (χ3n) is 4.60. The van der Waals surface area contributed by atoms with Crippen LogP contribution in [-0.2, 0) is 20.3 Å². The van der Waals surface area contributed by atoms with Crippen LogP contribution in [0.25, 0.3) is 11.4 Å². The second-order valence-electron chi connectivity index (χ2n) is 7.01. The Morgan fingerprint density at radius 3 is 2.78 bits per heavy atom. The number of aromatic nitrogens is 5. The molecule has 0 saturated heterocycles. The van der Waals surface area contributed by atoms with Crippen LogP contribution in [0.3, 0.4) is 0 Å². The molecule has 4 rings (SSSR count). The molecule has 0 fully saturated rings. The Bertz CT molecular complexity index is 1270. The zero-order valence-electron chi connectivity index (χ0n) is 17.3. The normalized spacial score (nSPS) is 10.9. The monoisotopic (exact) mass is 439 g/mol. The molecule has 0 aliphatic carbocycles. The summed E-state index contributed by atoms with van der Waals surface area (Å²) < 4.78 is 33.3. The highest BCUT2D eigenvalue weighted by molar-refractivity contribution is 5.90. The van der Waals surface area contributed by atoms with Gasteiger partial charge >= 0.3 is 5.91 Å². The van der Waals surface area contributed by atoms with Gasteiger partial charge in [-0.3, -0.25) is 9.48 Å². The number of carbonyl (C=O) groups is 1. The number of nitrogens with one attached hydrogen (secondary N) is 2. The average molecular weight is 439 g/mol. The highest BCUT2D eigenvalue weighted by Gasteiger charge is 2.17. The first kappa shape index (κ1) is 21.1. The maximum absolute atomic E-state index is 13.5. The zero-order valence-corrected chi connectivity index (χ0v) is 17.3. The van der Waals surface area contributed by atoms with Gasteiger partial charge in [-0.1, -0.05) is 6.07 Å². The molecule has 0 spiro atoms. The summed E-state index contributed by atoms with van der Waals surface area (Å²) in [7, 11) is 1.78. The Hall–Kier alpha value is -4.15. The van der Waals surface area contributed by atoms with Crippen molar-refractivity contribution in [3.63, 3.8) is 0 Å². The summed E-state index contributed by atoms with van der Waals surface area (Å²) in [6.07, 6.45) is 4.59. The number of hydrogen-bond donors (Lipinski definition) is 2. The van der Waals surface area contributed by atoms with Crippen LogP contribution in [0, 0.1) is 12.7 Å². The summed E-state index contributed by atoms with van der Waals surface area (Å²) in [6.45, 7) is 1.01.